The van der Waals surface area contributed by atoms with Crippen LogP contribution in [0.2, 0.25) is 5.02 Å². The maximum absolute atomic E-state index is 12.0. The molecule has 1 N–H and O–H groups in total. The van der Waals surface area contributed by atoms with Gasteiger partial charge in [-0.2, -0.15) is 0 Å². The Morgan fingerprint density at radius 3 is 2.72 bits per heavy atom. The van der Waals surface area contributed by atoms with Gasteiger partial charge in [0.15, 0.2) is 0 Å². The Hall–Kier alpha value is -0.670. The first-order valence-electron chi connectivity index (χ1n) is 6.38. The van der Waals surface area contributed by atoms with Crippen LogP contribution >= 0.6 is 23.4 Å². The molecule has 18 heavy (non-hydrogen) atoms. The Morgan fingerprint density at radius 1 is 1.39 bits per heavy atom. The van der Waals surface area contributed by atoms with Crippen LogP contribution in [0.25, 0.3) is 0 Å². The summed E-state index contributed by atoms with van der Waals surface area (Å²) < 4.78 is 0. The van der Waals surface area contributed by atoms with Crippen LogP contribution in [0.5, 0.6) is 0 Å². The molecular formula is C14H18ClNOS. The lowest BCUT2D eigenvalue weighted by atomic mass is 10.2. The zero-order chi connectivity index (χ0) is 13.0. The summed E-state index contributed by atoms with van der Waals surface area (Å²) in [5.41, 5.74) is 0. The third-order valence-electron chi connectivity index (χ3n) is 3.21. The van der Waals surface area contributed by atoms with Gasteiger partial charge in [-0.25, -0.2) is 0 Å². The maximum Gasteiger partial charge on any atom is 0.233 e. The van der Waals surface area contributed by atoms with Crippen LogP contribution in [0.1, 0.15) is 32.6 Å². The monoisotopic (exact) mass is 283 g/mol. The molecule has 1 aliphatic carbocycles. The van der Waals surface area contributed by atoms with Gasteiger partial charge in [0.25, 0.3) is 0 Å². The first kappa shape index (κ1) is 13.8. The highest BCUT2D eigenvalue weighted by Gasteiger charge is 2.21. The van der Waals surface area contributed by atoms with E-state index in [1.54, 1.807) is 0 Å². The van der Waals surface area contributed by atoms with Crippen molar-refractivity contribution in [2.24, 2.45) is 0 Å². The molecule has 1 saturated carbocycles. The van der Waals surface area contributed by atoms with Crippen molar-refractivity contribution in [3.63, 3.8) is 0 Å². The summed E-state index contributed by atoms with van der Waals surface area (Å²) >= 11 is 7.61. The van der Waals surface area contributed by atoms with E-state index in [0.29, 0.717) is 11.1 Å². The Morgan fingerprint density at radius 2 is 2.06 bits per heavy atom. The number of rotatable bonds is 4. The second kappa shape index (κ2) is 6.48. The van der Waals surface area contributed by atoms with Crippen molar-refractivity contribution in [2.75, 3.05) is 0 Å². The molecule has 1 aromatic carbocycles. The molecule has 1 amide bonds. The number of hydrogen-bond donors (Lipinski definition) is 1. The zero-order valence-corrected chi connectivity index (χ0v) is 12.1. The molecule has 1 aliphatic rings. The minimum absolute atomic E-state index is 0.106. The van der Waals surface area contributed by atoms with Crippen LogP contribution in [0, 0.1) is 0 Å². The molecule has 0 bridgehead atoms. The van der Waals surface area contributed by atoms with Gasteiger partial charge in [0, 0.05) is 10.9 Å². The van der Waals surface area contributed by atoms with Crippen molar-refractivity contribution < 1.29 is 4.79 Å². The molecule has 1 fully saturated rings. The molecule has 1 atom stereocenters. The average Bonchev–Trinajstić information content (AvgIpc) is 2.84. The molecule has 98 valence electrons. The van der Waals surface area contributed by atoms with E-state index in [1.165, 1.54) is 24.6 Å². The van der Waals surface area contributed by atoms with Crippen molar-refractivity contribution in [1.82, 2.24) is 5.32 Å². The standard InChI is InChI=1S/C14H18ClNOS/c1-10(14(17)16-11-6-2-3-7-11)18-13-9-5-4-8-12(13)15/h4-5,8-11H,2-3,6-7H2,1H3,(H,16,17)/t10-/m0/s1. The fraction of sp³-hybridized carbons (Fsp3) is 0.500. The van der Waals surface area contributed by atoms with E-state index >= 15 is 0 Å². The first-order valence-corrected chi connectivity index (χ1v) is 7.64. The van der Waals surface area contributed by atoms with Crippen molar-refractivity contribution in [1.29, 1.82) is 0 Å². The van der Waals surface area contributed by atoms with Gasteiger partial charge >= 0.3 is 0 Å². The summed E-state index contributed by atoms with van der Waals surface area (Å²) in [6, 6.07) is 8.02. The Kier molecular flexibility index (Phi) is 4.95. The minimum Gasteiger partial charge on any atom is -0.352 e. The maximum atomic E-state index is 12.0. The van der Waals surface area contributed by atoms with Gasteiger partial charge in [-0.3, -0.25) is 4.79 Å². The van der Waals surface area contributed by atoms with Gasteiger partial charge in [-0.15, -0.1) is 11.8 Å². The molecule has 1 aromatic rings. The molecule has 0 spiro atoms. The lowest BCUT2D eigenvalue weighted by molar-refractivity contribution is -0.120. The normalized spacial score (nSPS) is 17.7. The third kappa shape index (κ3) is 3.66. The topological polar surface area (TPSA) is 29.1 Å². The number of hydrogen-bond acceptors (Lipinski definition) is 2. The number of carbonyl (C=O) groups is 1. The minimum atomic E-state index is -0.106. The molecule has 0 aliphatic heterocycles. The largest absolute Gasteiger partial charge is 0.352 e. The van der Waals surface area contributed by atoms with Crippen LogP contribution in [0.4, 0.5) is 0 Å². The van der Waals surface area contributed by atoms with Gasteiger partial charge in [-0.1, -0.05) is 36.6 Å². The lowest BCUT2D eigenvalue weighted by Gasteiger charge is -2.16. The number of carbonyl (C=O) groups excluding carboxylic acids is 1. The second-order valence-corrected chi connectivity index (χ2v) is 6.47. The van der Waals surface area contributed by atoms with Gasteiger partial charge in [0.2, 0.25) is 5.91 Å². The van der Waals surface area contributed by atoms with E-state index in [4.69, 9.17) is 11.6 Å². The van der Waals surface area contributed by atoms with E-state index < -0.39 is 0 Å². The number of thioether (sulfide) groups is 1. The molecule has 2 nitrogen and oxygen atoms in total. The summed E-state index contributed by atoms with van der Waals surface area (Å²) in [6.07, 6.45) is 4.71. The van der Waals surface area contributed by atoms with E-state index in [9.17, 15) is 4.79 Å². The second-order valence-electron chi connectivity index (χ2n) is 4.68. The smallest absolute Gasteiger partial charge is 0.233 e. The Labute approximate surface area is 117 Å². The SMILES string of the molecule is C[C@H](Sc1ccccc1Cl)C(=O)NC1CCCC1. The van der Waals surface area contributed by atoms with Gasteiger partial charge in [0.05, 0.1) is 10.3 Å². The number of benzene rings is 1. The van der Waals surface area contributed by atoms with Crippen molar-refractivity contribution >= 4 is 29.3 Å². The quantitative estimate of drug-likeness (QED) is 0.850. The number of nitrogens with one attached hydrogen (secondary N) is 1. The van der Waals surface area contributed by atoms with Gasteiger partial charge in [0.1, 0.15) is 0 Å². The molecule has 0 heterocycles. The van der Waals surface area contributed by atoms with Crippen molar-refractivity contribution in [3.8, 4) is 0 Å². The summed E-state index contributed by atoms with van der Waals surface area (Å²) in [5, 5.41) is 3.72. The molecule has 4 heteroatoms. The van der Waals surface area contributed by atoms with Crippen molar-refractivity contribution in [2.45, 2.75) is 48.8 Å². The molecule has 2 rings (SSSR count). The fourth-order valence-corrected chi connectivity index (χ4v) is 3.34. The van der Waals surface area contributed by atoms with E-state index in [0.717, 1.165) is 17.7 Å². The summed E-state index contributed by atoms with van der Waals surface area (Å²) in [7, 11) is 0. The predicted molar refractivity (Wildman–Crippen MR) is 77.2 cm³/mol. The fourth-order valence-electron chi connectivity index (χ4n) is 2.17. The van der Waals surface area contributed by atoms with Crippen LogP contribution in [0.3, 0.4) is 0 Å². The predicted octanol–water partition coefficient (Wildman–Crippen LogP) is 3.88. The van der Waals surface area contributed by atoms with Crippen LogP contribution in [0.15, 0.2) is 29.2 Å². The molecule has 0 aromatic heterocycles. The average molecular weight is 284 g/mol. The molecule has 0 unspecified atom stereocenters. The van der Waals surface area contributed by atoms with Gasteiger partial charge < -0.3 is 5.32 Å². The van der Waals surface area contributed by atoms with Crippen LogP contribution in [-0.2, 0) is 4.79 Å². The number of amides is 1. The van der Waals surface area contributed by atoms with E-state index in [-0.39, 0.29) is 11.2 Å². The van der Waals surface area contributed by atoms with Crippen LogP contribution < -0.4 is 5.32 Å². The zero-order valence-electron chi connectivity index (χ0n) is 10.5. The summed E-state index contributed by atoms with van der Waals surface area (Å²) in [4.78, 5) is 13.0. The Bertz CT molecular complexity index is 418. The van der Waals surface area contributed by atoms with E-state index in [2.05, 4.69) is 5.32 Å². The molecular weight excluding hydrogens is 266 g/mol. The Balaban J connectivity index is 1.89. The van der Waals surface area contributed by atoms with Gasteiger partial charge in [-0.05, 0) is 31.9 Å². The molecule has 0 radical (unpaired) electrons. The third-order valence-corrected chi connectivity index (χ3v) is 4.83. The lowest BCUT2D eigenvalue weighted by Crippen LogP contribution is -2.37. The highest BCUT2D eigenvalue weighted by molar-refractivity contribution is 8.00. The molecule has 0 saturated heterocycles. The van der Waals surface area contributed by atoms with E-state index in [1.807, 2.05) is 31.2 Å². The first-order chi connectivity index (χ1) is 8.66. The highest BCUT2D eigenvalue weighted by Crippen LogP contribution is 2.30. The summed E-state index contributed by atoms with van der Waals surface area (Å²) in [5.74, 6) is 0.117. The van der Waals surface area contributed by atoms with Crippen molar-refractivity contribution in [3.05, 3.63) is 29.3 Å². The summed E-state index contributed by atoms with van der Waals surface area (Å²) in [6.45, 7) is 1.93. The highest BCUT2D eigenvalue weighted by atomic mass is 35.5. The van der Waals surface area contributed by atoms with Crippen LogP contribution in [-0.4, -0.2) is 17.2 Å². The number of halogens is 1.